The fourth-order valence-electron chi connectivity index (χ4n) is 4.94. The molecular weight excluding hydrogens is 492 g/mol. The average molecular weight is 520 g/mol. The molecule has 4 rings (SSSR count). The first-order chi connectivity index (χ1) is 16.9. The predicted octanol–water partition coefficient (Wildman–Crippen LogP) is 4.09. The van der Waals surface area contributed by atoms with Crippen LogP contribution in [0.5, 0.6) is 0 Å². The molecule has 3 heterocycles. The van der Waals surface area contributed by atoms with Crippen LogP contribution >= 0.6 is 11.6 Å². The lowest BCUT2D eigenvalue weighted by Crippen LogP contribution is -2.60. The summed E-state index contributed by atoms with van der Waals surface area (Å²) in [6.07, 6.45) is -2.42. The second kappa shape index (κ2) is 9.74. The van der Waals surface area contributed by atoms with Gasteiger partial charge in [-0.3, -0.25) is 14.3 Å². The van der Waals surface area contributed by atoms with Crippen molar-refractivity contribution in [1.29, 1.82) is 0 Å². The summed E-state index contributed by atoms with van der Waals surface area (Å²) in [5, 5.41) is 3.89. The summed E-state index contributed by atoms with van der Waals surface area (Å²) in [6.45, 7) is 6.18. The number of ether oxygens (including phenoxy) is 1. The van der Waals surface area contributed by atoms with Crippen LogP contribution in [0.25, 0.3) is 10.9 Å². The SMILES string of the molecule is COC(=O)c1nc(Cl)ccc1N[C@H](C)c1cc(C)cc2c(=O)n(C)c(C3(C)CN(CC(F)F)C3)nc12. The number of rotatable bonds is 7. The van der Waals surface area contributed by atoms with E-state index in [0.717, 1.165) is 11.1 Å². The van der Waals surface area contributed by atoms with Gasteiger partial charge in [-0.1, -0.05) is 24.6 Å². The number of aryl methyl sites for hydroxylation is 1. The largest absolute Gasteiger partial charge is 0.464 e. The summed E-state index contributed by atoms with van der Waals surface area (Å²) < 4.78 is 32.0. The standard InChI is InChI=1S/C25H28ClF2N5O3/c1-13-8-15(14(2)29-17-6-7-18(26)30-21(17)23(35)36-5)20-16(9-13)22(34)32(4)24(31-20)25(3)11-33(12-25)10-19(27)28/h6-9,14,19,29H,10-12H2,1-5H3/t14-/m1/s1. The van der Waals surface area contributed by atoms with E-state index >= 15 is 0 Å². The molecule has 1 fully saturated rings. The van der Waals surface area contributed by atoms with Crippen molar-refractivity contribution >= 4 is 34.2 Å². The normalized spacial score (nSPS) is 16.1. The second-order valence-electron chi connectivity index (χ2n) is 9.56. The first-order valence-corrected chi connectivity index (χ1v) is 11.8. The van der Waals surface area contributed by atoms with Gasteiger partial charge in [-0.2, -0.15) is 0 Å². The smallest absolute Gasteiger partial charge is 0.358 e. The number of alkyl halides is 2. The van der Waals surface area contributed by atoms with E-state index in [1.54, 1.807) is 30.1 Å². The zero-order valence-corrected chi connectivity index (χ0v) is 21.5. The number of pyridine rings is 1. The molecule has 1 saturated heterocycles. The van der Waals surface area contributed by atoms with Crippen LogP contribution in [0.1, 0.15) is 47.3 Å². The molecule has 36 heavy (non-hydrogen) atoms. The Kier molecular flexibility index (Phi) is 7.03. The Morgan fingerprint density at radius 2 is 1.97 bits per heavy atom. The maximum atomic E-state index is 13.4. The maximum Gasteiger partial charge on any atom is 0.358 e. The summed E-state index contributed by atoms with van der Waals surface area (Å²) in [7, 11) is 2.92. The Labute approximate surface area is 212 Å². The number of hydrogen-bond donors (Lipinski definition) is 1. The summed E-state index contributed by atoms with van der Waals surface area (Å²) in [5.41, 5.74) is 1.87. The molecule has 0 amide bonds. The van der Waals surface area contributed by atoms with Gasteiger partial charge in [-0.25, -0.2) is 23.5 Å². The number of hydrogen-bond acceptors (Lipinski definition) is 7. The molecule has 1 aliphatic rings. The summed E-state index contributed by atoms with van der Waals surface area (Å²) in [5.74, 6) is -0.0898. The highest BCUT2D eigenvalue weighted by atomic mass is 35.5. The number of carbonyl (C=O) groups excluding carboxylic acids is 1. The van der Waals surface area contributed by atoms with Gasteiger partial charge in [0.05, 0.1) is 41.7 Å². The third kappa shape index (κ3) is 4.79. The van der Waals surface area contributed by atoms with E-state index in [1.165, 1.54) is 11.7 Å². The maximum absolute atomic E-state index is 13.4. The van der Waals surface area contributed by atoms with E-state index in [9.17, 15) is 18.4 Å². The molecule has 0 spiro atoms. The summed E-state index contributed by atoms with van der Waals surface area (Å²) >= 11 is 5.98. The van der Waals surface area contributed by atoms with Gasteiger partial charge >= 0.3 is 5.97 Å². The molecule has 3 aromatic rings. The minimum Gasteiger partial charge on any atom is -0.464 e. The number of nitrogens with zero attached hydrogens (tertiary/aromatic N) is 4. The van der Waals surface area contributed by atoms with Crippen molar-refractivity contribution in [3.05, 3.63) is 62.4 Å². The predicted molar refractivity (Wildman–Crippen MR) is 134 cm³/mol. The van der Waals surface area contributed by atoms with Crippen LogP contribution < -0.4 is 10.9 Å². The van der Waals surface area contributed by atoms with Crippen molar-refractivity contribution in [2.45, 2.75) is 38.7 Å². The molecule has 2 aromatic heterocycles. The number of aromatic nitrogens is 3. The van der Waals surface area contributed by atoms with Crippen molar-refractivity contribution in [1.82, 2.24) is 19.4 Å². The van der Waals surface area contributed by atoms with Crippen molar-refractivity contribution in [3.63, 3.8) is 0 Å². The van der Waals surface area contributed by atoms with Crippen molar-refractivity contribution in [2.24, 2.45) is 7.05 Å². The van der Waals surface area contributed by atoms with Crippen LogP contribution in [0.15, 0.2) is 29.1 Å². The Hall–Kier alpha value is -3.11. The number of likely N-dealkylation sites (tertiary alicyclic amines) is 1. The van der Waals surface area contributed by atoms with E-state index < -0.39 is 17.8 Å². The average Bonchev–Trinajstić information content (AvgIpc) is 2.80. The van der Waals surface area contributed by atoms with E-state index in [2.05, 4.69) is 10.3 Å². The van der Waals surface area contributed by atoms with Crippen LogP contribution in [0, 0.1) is 6.92 Å². The second-order valence-corrected chi connectivity index (χ2v) is 9.95. The topological polar surface area (TPSA) is 89.3 Å². The molecule has 1 aromatic carbocycles. The Morgan fingerprint density at radius 1 is 1.28 bits per heavy atom. The first kappa shape index (κ1) is 26.0. The number of nitrogens with one attached hydrogen (secondary N) is 1. The molecule has 192 valence electrons. The molecular formula is C25H28ClF2N5O3. The van der Waals surface area contributed by atoms with Crippen molar-refractivity contribution < 1.29 is 18.3 Å². The van der Waals surface area contributed by atoms with Crippen LogP contribution in [0.3, 0.4) is 0 Å². The fraction of sp³-hybridized carbons (Fsp3) is 0.440. The van der Waals surface area contributed by atoms with Gasteiger partial charge in [-0.15, -0.1) is 0 Å². The number of halogens is 3. The molecule has 11 heteroatoms. The molecule has 0 aliphatic carbocycles. The highest BCUT2D eigenvalue weighted by Gasteiger charge is 2.44. The molecule has 0 bridgehead atoms. The molecule has 8 nitrogen and oxygen atoms in total. The van der Waals surface area contributed by atoms with Gasteiger partial charge in [0.25, 0.3) is 12.0 Å². The summed E-state index contributed by atoms with van der Waals surface area (Å²) in [6, 6.07) is 6.55. The van der Waals surface area contributed by atoms with Gasteiger partial charge in [0.15, 0.2) is 5.69 Å². The number of benzene rings is 1. The molecule has 1 aliphatic heterocycles. The number of carbonyl (C=O) groups is 1. The molecule has 1 atom stereocenters. The van der Waals surface area contributed by atoms with Crippen molar-refractivity contribution in [3.8, 4) is 0 Å². The van der Waals surface area contributed by atoms with E-state index in [-0.39, 0.29) is 29.0 Å². The lowest BCUT2D eigenvalue weighted by atomic mass is 9.80. The van der Waals surface area contributed by atoms with E-state index in [1.807, 2.05) is 26.8 Å². The molecule has 0 unspecified atom stereocenters. The fourth-order valence-corrected chi connectivity index (χ4v) is 5.09. The zero-order chi connectivity index (χ0) is 26.4. The van der Waals surface area contributed by atoms with Crippen LogP contribution in [0.2, 0.25) is 5.15 Å². The number of anilines is 1. The quantitative estimate of drug-likeness (QED) is 0.371. The Balaban J connectivity index is 1.77. The zero-order valence-electron chi connectivity index (χ0n) is 20.7. The van der Waals surface area contributed by atoms with Gasteiger partial charge in [-0.05, 0) is 37.6 Å². The van der Waals surface area contributed by atoms with E-state index in [0.29, 0.717) is 35.5 Å². The van der Waals surface area contributed by atoms with Gasteiger partial charge < -0.3 is 10.1 Å². The Morgan fingerprint density at radius 3 is 2.61 bits per heavy atom. The number of esters is 1. The van der Waals surface area contributed by atoms with Gasteiger partial charge in [0.1, 0.15) is 11.0 Å². The highest BCUT2D eigenvalue weighted by Crippen LogP contribution is 2.35. The number of methoxy groups -OCH3 is 1. The monoisotopic (exact) mass is 519 g/mol. The Bertz CT molecular complexity index is 1390. The molecule has 0 saturated carbocycles. The first-order valence-electron chi connectivity index (χ1n) is 11.5. The minimum atomic E-state index is -2.42. The van der Waals surface area contributed by atoms with Gasteiger partial charge in [0, 0.05) is 25.7 Å². The lowest BCUT2D eigenvalue weighted by Gasteiger charge is -2.47. The van der Waals surface area contributed by atoms with Crippen LogP contribution in [0.4, 0.5) is 14.5 Å². The third-order valence-electron chi connectivity index (χ3n) is 6.51. The molecule has 1 N–H and O–H groups in total. The summed E-state index contributed by atoms with van der Waals surface area (Å²) in [4.78, 5) is 36.3. The lowest BCUT2D eigenvalue weighted by molar-refractivity contribution is 0.00892. The van der Waals surface area contributed by atoms with Crippen LogP contribution in [-0.4, -0.2) is 58.6 Å². The minimum absolute atomic E-state index is 0.0412. The third-order valence-corrected chi connectivity index (χ3v) is 6.72. The molecule has 0 radical (unpaired) electrons. The highest BCUT2D eigenvalue weighted by molar-refractivity contribution is 6.29. The van der Waals surface area contributed by atoms with Crippen LogP contribution in [-0.2, 0) is 17.2 Å². The number of fused-ring (bicyclic) bond motifs is 1. The van der Waals surface area contributed by atoms with Crippen molar-refractivity contribution in [2.75, 3.05) is 32.1 Å². The van der Waals surface area contributed by atoms with E-state index in [4.69, 9.17) is 21.3 Å². The van der Waals surface area contributed by atoms with Gasteiger partial charge in [0.2, 0.25) is 0 Å².